The summed E-state index contributed by atoms with van der Waals surface area (Å²) in [7, 11) is 0. The van der Waals surface area contributed by atoms with Gasteiger partial charge in [0.05, 0.1) is 0 Å². The molecule has 0 unspecified atom stereocenters. The Kier molecular flexibility index (Phi) is 6.91. The third-order valence-corrected chi connectivity index (χ3v) is 1.95. The third-order valence-electron chi connectivity index (χ3n) is 1.95. The molecule has 0 saturated carbocycles. The highest BCUT2D eigenvalue weighted by Gasteiger charge is 1.94. The molecule has 0 N–H and O–H groups in total. The Morgan fingerprint density at radius 3 is 1.54 bits per heavy atom. The molecule has 0 aromatic heterocycles. The Balaban J connectivity index is 3.37. The molecule has 0 fully saturated rings. The Morgan fingerprint density at radius 1 is 0.846 bits per heavy atom. The minimum Gasteiger partial charge on any atom is -0.234 e. The van der Waals surface area contributed by atoms with E-state index in [1.165, 1.54) is 0 Å². The van der Waals surface area contributed by atoms with Crippen molar-refractivity contribution in [2.75, 3.05) is 0 Å². The van der Waals surface area contributed by atoms with Crippen molar-refractivity contribution in [3.05, 3.63) is 11.1 Å². The van der Waals surface area contributed by atoms with E-state index in [9.17, 15) is 9.59 Å². The summed E-state index contributed by atoms with van der Waals surface area (Å²) in [5, 5.41) is 0. The molecule has 2 heteroatoms. The second-order valence-corrected chi connectivity index (χ2v) is 3.33. The largest absolute Gasteiger partial charge is 0.234 e. The van der Waals surface area contributed by atoms with Gasteiger partial charge < -0.3 is 0 Å². The molecule has 0 radical (unpaired) electrons. The molecule has 0 aliphatic heterocycles. The Bertz CT molecular complexity index is 215. The molecule has 0 aliphatic carbocycles. The van der Waals surface area contributed by atoms with Gasteiger partial charge >= 0.3 is 0 Å². The van der Waals surface area contributed by atoms with Gasteiger partial charge in [0.1, 0.15) is 11.9 Å². The highest BCUT2D eigenvalue weighted by atomic mass is 16.1. The molecule has 13 heavy (non-hydrogen) atoms. The Hall–Kier alpha value is -1.10. The molecule has 0 bridgehead atoms. The summed E-state index contributed by atoms with van der Waals surface area (Å²) in [6.45, 7) is 3.59. The quantitative estimate of drug-likeness (QED) is 0.465. The molecule has 0 aromatic rings. The lowest BCUT2D eigenvalue weighted by Gasteiger charge is -1.98. The zero-order valence-electron chi connectivity index (χ0n) is 8.35. The van der Waals surface area contributed by atoms with E-state index in [0.717, 1.165) is 43.3 Å². The third kappa shape index (κ3) is 7.27. The first-order valence-corrected chi connectivity index (χ1v) is 4.62. The fraction of sp³-hybridized carbons (Fsp3) is 0.636. The van der Waals surface area contributed by atoms with Crippen molar-refractivity contribution in [1.29, 1.82) is 0 Å². The number of unbranched alkanes of at least 4 members (excludes halogenated alkanes) is 2. The zero-order chi connectivity index (χ0) is 10.1. The molecule has 2 nitrogen and oxygen atoms in total. The molecule has 0 rings (SSSR count). The average molecular weight is 180 g/mol. The van der Waals surface area contributed by atoms with Crippen molar-refractivity contribution in [3.63, 3.8) is 0 Å². The van der Waals surface area contributed by atoms with Gasteiger partial charge in [0.2, 0.25) is 0 Å². The van der Waals surface area contributed by atoms with Crippen LogP contribution in [0.5, 0.6) is 0 Å². The maximum absolute atomic E-state index is 10.1. The maximum atomic E-state index is 10.1. The summed E-state index contributed by atoms with van der Waals surface area (Å²) < 4.78 is 0. The van der Waals surface area contributed by atoms with Crippen LogP contribution in [-0.2, 0) is 9.59 Å². The average Bonchev–Trinajstić information content (AvgIpc) is 2.16. The molecule has 0 aromatic carbocycles. The van der Waals surface area contributed by atoms with E-state index < -0.39 is 0 Å². The predicted molar refractivity (Wildman–Crippen MR) is 52.8 cm³/mol. The smallest absolute Gasteiger partial charge is 0.123 e. The van der Waals surface area contributed by atoms with Gasteiger partial charge in [-0.05, 0) is 39.5 Å². The molecule has 0 atom stereocenters. The van der Waals surface area contributed by atoms with Gasteiger partial charge in [-0.1, -0.05) is 6.42 Å². The van der Waals surface area contributed by atoms with Crippen LogP contribution in [0.15, 0.2) is 11.1 Å². The molecule has 0 saturated heterocycles. The lowest BCUT2D eigenvalue weighted by atomic mass is 10.1. The molecule has 0 heterocycles. The van der Waals surface area contributed by atoms with Crippen molar-refractivity contribution in [3.8, 4) is 0 Å². The summed E-state index contributed by atoms with van der Waals surface area (Å²) in [6.07, 6.45) is 4.72. The van der Waals surface area contributed by atoms with Gasteiger partial charge in [0, 0.05) is 11.1 Å². The van der Waals surface area contributed by atoms with Gasteiger partial charge in [-0.2, -0.15) is 0 Å². The molecular weight excluding hydrogens is 164 g/mol. The van der Waals surface area contributed by atoms with E-state index in [-0.39, 0.29) is 0 Å². The number of allylic oxidation sites excluding steroid dienone is 2. The van der Waals surface area contributed by atoms with E-state index in [4.69, 9.17) is 0 Å². The first-order valence-electron chi connectivity index (χ1n) is 4.62. The van der Waals surface area contributed by atoms with Crippen molar-refractivity contribution < 1.29 is 9.59 Å². The minimum absolute atomic E-state index is 0.780. The zero-order valence-corrected chi connectivity index (χ0v) is 8.35. The molecule has 0 amide bonds. The van der Waals surface area contributed by atoms with Gasteiger partial charge in [-0.3, -0.25) is 0 Å². The topological polar surface area (TPSA) is 34.1 Å². The lowest BCUT2D eigenvalue weighted by Crippen LogP contribution is -1.83. The lowest BCUT2D eigenvalue weighted by molar-refractivity contribution is 0.563. The number of carbonyl (C=O) groups excluding carboxylic acids is 2. The van der Waals surface area contributed by atoms with Crippen LogP contribution < -0.4 is 0 Å². The van der Waals surface area contributed by atoms with E-state index in [1.54, 1.807) is 13.8 Å². The normalized spacial score (nSPS) is 8.77. The van der Waals surface area contributed by atoms with Crippen molar-refractivity contribution in [1.82, 2.24) is 0 Å². The van der Waals surface area contributed by atoms with Gasteiger partial charge in [-0.15, -0.1) is 0 Å². The van der Waals surface area contributed by atoms with E-state index >= 15 is 0 Å². The van der Waals surface area contributed by atoms with Gasteiger partial charge in [0.25, 0.3) is 0 Å². The van der Waals surface area contributed by atoms with E-state index in [0.29, 0.717) is 0 Å². The highest BCUT2D eigenvalue weighted by molar-refractivity contribution is 5.51. The Labute approximate surface area is 79.3 Å². The fourth-order valence-electron chi connectivity index (χ4n) is 1.06. The summed E-state index contributed by atoms with van der Waals surface area (Å²) in [5.41, 5.74) is 1.56. The standard InChI is InChI=1S/C11H16O2/c1-10(8-12)6-4-3-5-7-11(2)9-13/h3-7H2,1-2H3. The van der Waals surface area contributed by atoms with Gasteiger partial charge in [-0.25, -0.2) is 9.59 Å². The molecule has 0 aliphatic rings. The van der Waals surface area contributed by atoms with Crippen molar-refractivity contribution in [2.45, 2.75) is 46.0 Å². The van der Waals surface area contributed by atoms with Crippen LogP contribution in [0.25, 0.3) is 0 Å². The van der Waals surface area contributed by atoms with Crippen LogP contribution in [0, 0.1) is 0 Å². The summed E-state index contributed by atoms with van der Waals surface area (Å²) in [6, 6.07) is 0. The van der Waals surface area contributed by atoms with Crippen LogP contribution >= 0.6 is 0 Å². The summed E-state index contributed by atoms with van der Waals surface area (Å²) in [5.74, 6) is 3.75. The monoisotopic (exact) mass is 180 g/mol. The first-order chi connectivity index (χ1) is 6.20. The van der Waals surface area contributed by atoms with Crippen molar-refractivity contribution in [2.24, 2.45) is 0 Å². The second kappa shape index (κ2) is 7.54. The molecular formula is C11H16O2. The van der Waals surface area contributed by atoms with Crippen LogP contribution in [0.2, 0.25) is 0 Å². The van der Waals surface area contributed by atoms with Crippen molar-refractivity contribution >= 4 is 11.9 Å². The van der Waals surface area contributed by atoms with Crippen LogP contribution in [-0.4, -0.2) is 11.9 Å². The number of hydrogen-bond acceptors (Lipinski definition) is 2. The number of hydrogen-bond donors (Lipinski definition) is 0. The summed E-state index contributed by atoms with van der Waals surface area (Å²) in [4.78, 5) is 20.2. The Morgan fingerprint density at radius 2 is 1.23 bits per heavy atom. The first kappa shape index (κ1) is 11.9. The maximum Gasteiger partial charge on any atom is 0.123 e. The van der Waals surface area contributed by atoms with Crippen LogP contribution in [0.3, 0.4) is 0 Å². The van der Waals surface area contributed by atoms with E-state index in [2.05, 4.69) is 0 Å². The number of rotatable bonds is 6. The fourth-order valence-corrected chi connectivity index (χ4v) is 1.06. The molecule has 0 spiro atoms. The second-order valence-electron chi connectivity index (χ2n) is 3.33. The SMILES string of the molecule is CC(=C=O)CCCCCC(C)=C=O. The minimum atomic E-state index is 0.780. The highest BCUT2D eigenvalue weighted by Crippen LogP contribution is 2.09. The van der Waals surface area contributed by atoms with E-state index in [1.807, 2.05) is 11.9 Å². The molecule has 72 valence electrons. The van der Waals surface area contributed by atoms with Gasteiger partial charge in [0.15, 0.2) is 0 Å². The summed E-state index contributed by atoms with van der Waals surface area (Å²) >= 11 is 0. The van der Waals surface area contributed by atoms with Crippen LogP contribution in [0.1, 0.15) is 46.0 Å². The van der Waals surface area contributed by atoms with Crippen LogP contribution in [0.4, 0.5) is 0 Å². The predicted octanol–water partition coefficient (Wildman–Crippen LogP) is 2.49.